The van der Waals surface area contributed by atoms with E-state index in [1.54, 1.807) is 30.3 Å². The minimum atomic E-state index is -0.838. The van der Waals surface area contributed by atoms with E-state index in [4.69, 9.17) is 42.1 Å². The van der Waals surface area contributed by atoms with Gasteiger partial charge in [0.1, 0.15) is 28.3 Å². The monoisotopic (exact) mass is 719 g/mol. The van der Waals surface area contributed by atoms with E-state index in [2.05, 4.69) is 10.2 Å². The smallest absolute Gasteiger partial charge is 0.338 e. The van der Waals surface area contributed by atoms with Crippen molar-refractivity contribution in [1.82, 2.24) is 10.2 Å². The van der Waals surface area contributed by atoms with Crippen LogP contribution >= 0.6 is 23.2 Å². The highest BCUT2D eigenvalue weighted by Gasteiger charge is 2.38. The van der Waals surface area contributed by atoms with E-state index in [0.717, 1.165) is 43.6 Å². The number of rotatable bonds is 13. The zero-order valence-corrected chi connectivity index (χ0v) is 29.4. The molecule has 12 heteroatoms. The summed E-state index contributed by atoms with van der Waals surface area (Å²) >= 11 is 12.8. The van der Waals surface area contributed by atoms with Gasteiger partial charge in [-0.05, 0) is 72.8 Å². The number of hydrogen-bond acceptors (Lipinski definition) is 9. The summed E-state index contributed by atoms with van der Waals surface area (Å²) in [5.74, 6) is 0.502. The highest BCUT2D eigenvalue weighted by Crippen LogP contribution is 2.36. The Kier molecular flexibility index (Phi) is 11.4. The van der Waals surface area contributed by atoms with Crippen LogP contribution < -0.4 is 19.5 Å². The Labute approximate surface area is 301 Å². The largest absolute Gasteiger partial charge is 0.619 e. The van der Waals surface area contributed by atoms with Crippen LogP contribution in [0.15, 0.2) is 85.2 Å². The van der Waals surface area contributed by atoms with Gasteiger partial charge in [-0.3, -0.25) is 10.2 Å². The third kappa shape index (κ3) is 8.33. The molecule has 4 heterocycles. The first kappa shape index (κ1) is 35.5. The van der Waals surface area contributed by atoms with Gasteiger partial charge in [0.25, 0.3) is 0 Å². The van der Waals surface area contributed by atoms with E-state index >= 15 is 0 Å². The van der Waals surface area contributed by atoms with Crippen LogP contribution in [0.5, 0.6) is 11.5 Å². The molecule has 1 aromatic heterocycles. The molecule has 3 atom stereocenters. The first-order chi connectivity index (χ1) is 24.2. The Hall–Kier alpha value is -4.35. The van der Waals surface area contributed by atoms with E-state index in [1.807, 2.05) is 42.5 Å². The Balaban J connectivity index is 1.16. The van der Waals surface area contributed by atoms with Crippen molar-refractivity contribution in [3.05, 3.63) is 128 Å². The van der Waals surface area contributed by atoms with E-state index in [9.17, 15) is 14.8 Å². The number of piperidine rings is 3. The molecule has 0 spiro atoms. The standard InChI is InChI=1S/C38H39Cl2N3O7/c1-47-32-13-12-28(18-34(32)48-2)33(19-29-30(39)21-43(46)22-31(29)40)49-37(44)27-10-8-24(9-11-27)20-41-36(26-6-4-3-5-7-26)38(45)50-35-23-42-16-14-25(35)15-17-42/h3-13,18,21-22,25,33,35-36,41H,14-17,19-20,23H2,1-2H3/t33-,35-,36?/m0/s1. The number of esters is 2. The maximum atomic E-state index is 13.5. The molecule has 3 aromatic carbocycles. The summed E-state index contributed by atoms with van der Waals surface area (Å²) in [6.07, 6.45) is 3.67. The predicted octanol–water partition coefficient (Wildman–Crippen LogP) is 6.25. The van der Waals surface area contributed by atoms with Gasteiger partial charge >= 0.3 is 11.9 Å². The van der Waals surface area contributed by atoms with Crippen LogP contribution in [0.4, 0.5) is 0 Å². The van der Waals surface area contributed by atoms with Crippen molar-refractivity contribution in [2.45, 2.75) is 44.1 Å². The minimum absolute atomic E-state index is 0.0943. The quantitative estimate of drug-likeness (QED) is 0.0973. The van der Waals surface area contributed by atoms with Gasteiger partial charge in [0, 0.05) is 25.1 Å². The Morgan fingerprint density at radius 1 is 0.920 bits per heavy atom. The number of benzene rings is 3. The fourth-order valence-electron chi connectivity index (χ4n) is 6.61. The van der Waals surface area contributed by atoms with Crippen LogP contribution in [0.3, 0.4) is 0 Å². The lowest BCUT2D eigenvalue weighted by atomic mass is 9.86. The van der Waals surface area contributed by atoms with Gasteiger partial charge in [0.05, 0.1) is 19.8 Å². The molecular formula is C38H39Cl2N3O7. The minimum Gasteiger partial charge on any atom is -0.619 e. The summed E-state index contributed by atoms with van der Waals surface area (Å²) in [5, 5.41) is 15.5. The van der Waals surface area contributed by atoms with Gasteiger partial charge in [0.15, 0.2) is 23.9 Å². The molecule has 1 unspecified atom stereocenters. The molecule has 4 aromatic rings. The number of ether oxygens (including phenoxy) is 4. The summed E-state index contributed by atoms with van der Waals surface area (Å²) in [7, 11) is 3.04. The number of carbonyl (C=O) groups is 2. The topological polar surface area (TPSA) is 113 Å². The molecule has 10 nitrogen and oxygen atoms in total. The predicted molar refractivity (Wildman–Crippen MR) is 188 cm³/mol. The second kappa shape index (κ2) is 16.1. The van der Waals surface area contributed by atoms with E-state index in [-0.39, 0.29) is 28.5 Å². The van der Waals surface area contributed by atoms with Gasteiger partial charge in [0.2, 0.25) is 0 Å². The van der Waals surface area contributed by atoms with E-state index in [1.165, 1.54) is 26.6 Å². The zero-order valence-electron chi connectivity index (χ0n) is 27.9. The number of nitrogens with one attached hydrogen (secondary N) is 1. The molecule has 50 heavy (non-hydrogen) atoms. The number of methoxy groups -OCH3 is 2. The van der Waals surface area contributed by atoms with Crippen molar-refractivity contribution >= 4 is 35.1 Å². The summed E-state index contributed by atoms with van der Waals surface area (Å²) in [6.45, 7) is 3.28. The number of pyridine rings is 1. The molecule has 2 bridgehead atoms. The fourth-order valence-corrected chi connectivity index (χ4v) is 7.21. The average Bonchev–Trinajstić information content (AvgIpc) is 3.13. The third-order valence-electron chi connectivity index (χ3n) is 9.41. The second-order valence-electron chi connectivity index (χ2n) is 12.5. The molecule has 0 saturated carbocycles. The molecule has 3 fully saturated rings. The number of nitrogens with zero attached hydrogens (tertiary/aromatic N) is 2. The molecule has 3 aliphatic rings. The summed E-state index contributed by atoms with van der Waals surface area (Å²) in [5.41, 5.74) is 3.07. The third-order valence-corrected chi connectivity index (χ3v) is 10.1. The first-order valence-electron chi connectivity index (χ1n) is 16.5. The Morgan fingerprint density at radius 2 is 1.60 bits per heavy atom. The summed E-state index contributed by atoms with van der Waals surface area (Å²) in [6, 6.07) is 21.1. The van der Waals surface area contributed by atoms with Crippen molar-refractivity contribution in [2.75, 3.05) is 33.9 Å². The number of hydrogen-bond donors (Lipinski definition) is 1. The molecular weight excluding hydrogens is 681 g/mol. The fraction of sp³-hybridized carbons (Fsp3) is 0.342. The summed E-state index contributed by atoms with van der Waals surface area (Å²) < 4.78 is 23.5. The lowest BCUT2D eigenvalue weighted by Crippen LogP contribution is -2.52. The normalized spacial score (nSPS) is 19.3. The first-order valence-corrected chi connectivity index (χ1v) is 17.3. The van der Waals surface area contributed by atoms with Gasteiger partial charge in [-0.25, -0.2) is 9.59 Å². The number of halogens is 2. The number of carbonyl (C=O) groups excluding carboxylic acids is 2. The zero-order chi connectivity index (χ0) is 35.2. The SMILES string of the molecule is COc1ccc([C@H](Cc2c(Cl)c[n+]([O-])cc2Cl)OC(=O)c2ccc(CNC(C(=O)O[C@H]3CN4CCC3CC4)c3ccccc3)cc2)cc1OC. The molecule has 7 rings (SSSR count). The van der Waals surface area contributed by atoms with Crippen molar-refractivity contribution in [2.24, 2.45) is 5.92 Å². The highest BCUT2D eigenvalue weighted by atomic mass is 35.5. The van der Waals surface area contributed by atoms with Crippen molar-refractivity contribution < 1.29 is 33.3 Å². The highest BCUT2D eigenvalue weighted by molar-refractivity contribution is 6.35. The molecule has 0 aliphatic carbocycles. The molecule has 0 amide bonds. The Bertz CT molecular complexity index is 1780. The summed E-state index contributed by atoms with van der Waals surface area (Å²) in [4.78, 5) is 29.4. The van der Waals surface area contributed by atoms with Crippen LogP contribution in [-0.2, 0) is 27.2 Å². The van der Waals surface area contributed by atoms with Crippen LogP contribution in [0.25, 0.3) is 0 Å². The van der Waals surface area contributed by atoms with Crippen molar-refractivity contribution in [3.8, 4) is 11.5 Å². The van der Waals surface area contributed by atoms with Crippen molar-refractivity contribution in [1.29, 1.82) is 0 Å². The average molecular weight is 721 g/mol. The molecule has 0 radical (unpaired) electrons. The maximum absolute atomic E-state index is 13.5. The Morgan fingerprint density at radius 3 is 2.22 bits per heavy atom. The van der Waals surface area contributed by atoms with E-state index < -0.39 is 18.1 Å². The van der Waals surface area contributed by atoms with Gasteiger partial charge in [-0.15, -0.1) is 0 Å². The van der Waals surface area contributed by atoms with Crippen LogP contribution in [0.1, 0.15) is 57.6 Å². The number of fused-ring (bicyclic) bond motifs is 3. The van der Waals surface area contributed by atoms with Crippen molar-refractivity contribution in [3.63, 3.8) is 0 Å². The molecule has 1 N–H and O–H groups in total. The van der Waals surface area contributed by atoms with Gasteiger partial charge in [-0.2, -0.15) is 4.73 Å². The van der Waals surface area contributed by atoms with Crippen LogP contribution in [0.2, 0.25) is 10.0 Å². The van der Waals surface area contributed by atoms with Gasteiger partial charge < -0.3 is 24.2 Å². The van der Waals surface area contributed by atoms with E-state index in [0.29, 0.717) is 45.4 Å². The molecule has 262 valence electrons. The molecule has 3 saturated heterocycles. The maximum Gasteiger partial charge on any atom is 0.338 e. The van der Waals surface area contributed by atoms with Crippen LogP contribution in [-0.4, -0.2) is 56.8 Å². The number of aromatic nitrogens is 1. The molecule has 3 aliphatic heterocycles. The van der Waals surface area contributed by atoms with Crippen LogP contribution in [0, 0.1) is 11.1 Å². The lowest BCUT2D eigenvalue weighted by molar-refractivity contribution is -0.605. The second-order valence-corrected chi connectivity index (χ2v) is 13.4. The van der Waals surface area contributed by atoms with Gasteiger partial charge in [-0.1, -0.05) is 71.7 Å². The lowest BCUT2D eigenvalue weighted by Gasteiger charge is -2.44.